The number of phenolic OH excluding ortho intramolecular Hbond substituents is 1. The molecule has 2 aliphatic heterocycles. The van der Waals surface area contributed by atoms with Gasteiger partial charge in [-0.3, -0.25) is 4.90 Å². The van der Waals surface area contributed by atoms with Crippen LogP contribution in [0.3, 0.4) is 0 Å². The molecule has 1 aromatic heterocycles. The smallest absolute Gasteiger partial charge is 0.191 e. The summed E-state index contributed by atoms with van der Waals surface area (Å²) in [6.45, 7) is 3.74. The zero-order chi connectivity index (χ0) is 18.6. The minimum Gasteiger partial charge on any atom is -0.508 e. The molecule has 0 aliphatic carbocycles. The minimum absolute atomic E-state index is 0.368. The molecule has 0 saturated carbocycles. The van der Waals surface area contributed by atoms with E-state index in [-0.39, 0.29) is 0 Å². The molecule has 1 unspecified atom stereocenters. The van der Waals surface area contributed by atoms with Crippen molar-refractivity contribution in [3.8, 4) is 5.75 Å². The lowest BCUT2D eigenvalue weighted by atomic mass is 9.95. The lowest BCUT2D eigenvalue weighted by Crippen LogP contribution is -2.33. The summed E-state index contributed by atoms with van der Waals surface area (Å²) < 4.78 is 7.87. The van der Waals surface area contributed by atoms with Crippen LogP contribution in [0.5, 0.6) is 5.75 Å². The average Bonchev–Trinajstić information content (AvgIpc) is 3.32. The summed E-state index contributed by atoms with van der Waals surface area (Å²) in [4.78, 5) is 2.41. The van der Waals surface area contributed by atoms with Crippen LogP contribution >= 0.6 is 11.8 Å². The maximum absolute atomic E-state index is 9.98. The minimum atomic E-state index is 0.368. The molecule has 0 bridgehead atoms. The Morgan fingerprint density at radius 3 is 2.74 bits per heavy atom. The van der Waals surface area contributed by atoms with Crippen LogP contribution in [0, 0.1) is 0 Å². The number of hydrogen-bond donors (Lipinski definition) is 1. The zero-order valence-electron chi connectivity index (χ0n) is 15.9. The van der Waals surface area contributed by atoms with Crippen LogP contribution in [0.25, 0.3) is 0 Å². The summed E-state index contributed by atoms with van der Waals surface area (Å²) in [5, 5.41) is 19.9. The van der Waals surface area contributed by atoms with E-state index in [4.69, 9.17) is 4.74 Å². The third-order valence-corrected chi connectivity index (χ3v) is 6.78. The van der Waals surface area contributed by atoms with Crippen molar-refractivity contribution in [1.29, 1.82) is 0 Å². The molecular weight excluding hydrogens is 360 g/mol. The van der Waals surface area contributed by atoms with Crippen LogP contribution in [0.1, 0.15) is 43.0 Å². The van der Waals surface area contributed by atoms with E-state index in [2.05, 4.69) is 26.7 Å². The number of nitrogens with zero attached hydrogens (tertiary/aromatic N) is 4. The first-order valence-corrected chi connectivity index (χ1v) is 10.8. The highest BCUT2D eigenvalue weighted by molar-refractivity contribution is 7.99. The molecule has 3 heterocycles. The van der Waals surface area contributed by atoms with Crippen molar-refractivity contribution in [3.63, 3.8) is 0 Å². The van der Waals surface area contributed by atoms with Crippen LogP contribution in [0.15, 0.2) is 29.4 Å². The zero-order valence-corrected chi connectivity index (χ0v) is 16.7. The van der Waals surface area contributed by atoms with Gasteiger partial charge in [-0.2, -0.15) is 0 Å². The van der Waals surface area contributed by atoms with E-state index in [9.17, 15) is 5.11 Å². The second-order valence-corrected chi connectivity index (χ2v) is 8.51. The van der Waals surface area contributed by atoms with Crippen molar-refractivity contribution >= 4 is 11.8 Å². The normalized spacial score (nSPS) is 21.7. The van der Waals surface area contributed by atoms with Gasteiger partial charge >= 0.3 is 0 Å². The van der Waals surface area contributed by atoms with Gasteiger partial charge in [0, 0.05) is 37.4 Å². The SMILES string of the molecule is Cn1c(SCC2CCCO2)nnc1C1CCN(Cc2ccccc2O)CC1. The van der Waals surface area contributed by atoms with E-state index in [1.807, 2.05) is 18.2 Å². The summed E-state index contributed by atoms with van der Waals surface area (Å²) in [5.74, 6) is 2.92. The second-order valence-electron chi connectivity index (χ2n) is 7.52. The Bertz CT molecular complexity index is 752. The van der Waals surface area contributed by atoms with E-state index in [0.717, 1.165) is 67.8 Å². The van der Waals surface area contributed by atoms with Crippen molar-refractivity contribution in [2.45, 2.75) is 49.4 Å². The molecule has 4 rings (SSSR count). The largest absolute Gasteiger partial charge is 0.508 e. The van der Waals surface area contributed by atoms with E-state index >= 15 is 0 Å². The van der Waals surface area contributed by atoms with Crippen LogP contribution in [0.4, 0.5) is 0 Å². The van der Waals surface area contributed by atoms with Gasteiger partial charge in [-0.05, 0) is 44.8 Å². The fourth-order valence-electron chi connectivity index (χ4n) is 3.99. The highest BCUT2D eigenvalue weighted by atomic mass is 32.2. The Morgan fingerprint density at radius 2 is 2.00 bits per heavy atom. The van der Waals surface area contributed by atoms with E-state index in [1.165, 1.54) is 6.42 Å². The standard InChI is InChI=1S/C20H28N4O2S/c1-23-19(21-22-20(23)27-14-17-6-4-12-26-17)15-8-10-24(11-9-15)13-16-5-2-3-7-18(16)25/h2-3,5,7,15,17,25H,4,6,8-14H2,1H3. The first kappa shape index (κ1) is 18.8. The van der Waals surface area contributed by atoms with Gasteiger partial charge in [0.1, 0.15) is 11.6 Å². The molecule has 1 atom stereocenters. The molecule has 2 aliphatic rings. The summed E-state index contributed by atoms with van der Waals surface area (Å²) in [7, 11) is 2.08. The maximum Gasteiger partial charge on any atom is 0.191 e. The molecular formula is C20H28N4O2S. The van der Waals surface area contributed by atoms with Gasteiger partial charge in [-0.15, -0.1) is 10.2 Å². The molecule has 0 amide bonds. The number of hydrogen-bond acceptors (Lipinski definition) is 6. The van der Waals surface area contributed by atoms with Gasteiger partial charge in [-0.1, -0.05) is 30.0 Å². The van der Waals surface area contributed by atoms with Gasteiger partial charge in [0.25, 0.3) is 0 Å². The van der Waals surface area contributed by atoms with Gasteiger partial charge in [-0.25, -0.2) is 0 Å². The molecule has 1 aromatic carbocycles. The molecule has 27 heavy (non-hydrogen) atoms. The topological polar surface area (TPSA) is 63.4 Å². The molecule has 2 fully saturated rings. The van der Waals surface area contributed by atoms with Gasteiger partial charge in [0.15, 0.2) is 5.16 Å². The lowest BCUT2D eigenvalue weighted by molar-refractivity contribution is 0.129. The molecule has 0 radical (unpaired) electrons. The quantitative estimate of drug-likeness (QED) is 0.767. The Labute approximate surface area is 164 Å². The van der Waals surface area contributed by atoms with Crippen molar-refractivity contribution in [3.05, 3.63) is 35.7 Å². The van der Waals surface area contributed by atoms with Crippen molar-refractivity contribution in [1.82, 2.24) is 19.7 Å². The van der Waals surface area contributed by atoms with Crippen LogP contribution in [-0.2, 0) is 18.3 Å². The number of phenols is 1. The number of para-hydroxylation sites is 1. The predicted octanol–water partition coefficient (Wildman–Crippen LogP) is 3.17. The van der Waals surface area contributed by atoms with Crippen LogP contribution in [-0.4, -0.2) is 56.3 Å². The number of likely N-dealkylation sites (tertiary alicyclic amines) is 1. The van der Waals surface area contributed by atoms with E-state index < -0.39 is 0 Å². The maximum atomic E-state index is 9.98. The Hall–Kier alpha value is -1.57. The number of piperidine rings is 1. The van der Waals surface area contributed by atoms with Crippen molar-refractivity contribution in [2.24, 2.45) is 7.05 Å². The van der Waals surface area contributed by atoms with Gasteiger partial charge < -0.3 is 14.4 Å². The van der Waals surface area contributed by atoms with Gasteiger partial charge in [0.2, 0.25) is 0 Å². The molecule has 1 N–H and O–H groups in total. The third-order valence-electron chi connectivity index (χ3n) is 5.63. The molecule has 2 saturated heterocycles. The van der Waals surface area contributed by atoms with Crippen molar-refractivity contribution < 1.29 is 9.84 Å². The van der Waals surface area contributed by atoms with Gasteiger partial charge in [0.05, 0.1) is 6.10 Å². The van der Waals surface area contributed by atoms with E-state index in [1.54, 1.807) is 17.8 Å². The first-order chi connectivity index (χ1) is 13.2. The second kappa shape index (κ2) is 8.63. The van der Waals surface area contributed by atoms with Crippen LogP contribution in [0.2, 0.25) is 0 Å². The molecule has 146 valence electrons. The number of thioether (sulfide) groups is 1. The fraction of sp³-hybridized carbons (Fsp3) is 0.600. The summed E-state index contributed by atoms with van der Waals surface area (Å²) in [6, 6.07) is 7.61. The summed E-state index contributed by atoms with van der Waals surface area (Å²) in [5.41, 5.74) is 1.00. The number of benzene rings is 1. The Balaban J connectivity index is 1.31. The Kier molecular flexibility index (Phi) is 6.00. The average molecular weight is 389 g/mol. The fourth-order valence-corrected chi connectivity index (χ4v) is 4.97. The highest BCUT2D eigenvalue weighted by Gasteiger charge is 2.26. The number of rotatable bonds is 6. The molecule has 2 aromatic rings. The van der Waals surface area contributed by atoms with Crippen LogP contribution < -0.4 is 0 Å². The molecule has 6 nitrogen and oxygen atoms in total. The number of ether oxygens (including phenoxy) is 1. The predicted molar refractivity (Wildman–Crippen MR) is 106 cm³/mol. The monoisotopic (exact) mass is 388 g/mol. The first-order valence-electron chi connectivity index (χ1n) is 9.83. The number of aromatic hydroxyl groups is 1. The highest BCUT2D eigenvalue weighted by Crippen LogP contribution is 2.30. The van der Waals surface area contributed by atoms with Crippen molar-refractivity contribution in [2.75, 3.05) is 25.4 Å². The molecule has 7 heteroatoms. The summed E-state index contributed by atoms with van der Waals surface area (Å²) >= 11 is 1.76. The summed E-state index contributed by atoms with van der Waals surface area (Å²) in [6.07, 6.45) is 4.86. The lowest BCUT2D eigenvalue weighted by Gasteiger charge is -2.31. The van der Waals surface area contributed by atoms with E-state index in [0.29, 0.717) is 17.8 Å². The Morgan fingerprint density at radius 1 is 1.19 bits per heavy atom. The number of aromatic nitrogens is 3. The third kappa shape index (κ3) is 4.47. The molecule has 0 spiro atoms.